The van der Waals surface area contributed by atoms with Gasteiger partial charge in [0, 0.05) is 5.92 Å². The molecule has 1 rings (SSSR count). The molecule has 0 saturated carbocycles. The summed E-state index contributed by atoms with van der Waals surface area (Å²) >= 11 is 0. The number of hydrogen-bond acceptors (Lipinski definition) is 1. The van der Waals surface area contributed by atoms with Crippen LogP contribution in [0.15, 0.2) is 11.6 Å². The molecule has 0 aromatic carbocycles. The van der Waals surface area contributed by atoms with Gasteiger partial charge in [-0.05, 0) is 25.2 Å². The van der Waals surface area contributed by atoms with E-state index in [0.717, 1.165) is 12.7 Å². The molecule has 0 amide bonds. The molecular formula is C10H16O. The summed E-state index contributed by atoms with van der Waals surface area (Å²) < 4.78 is 0. The lowest BCUT2D eigenvalue weighted by Crippen LogP contribution is -2.24. The second kappa shape index (κ2) is 3.21. The van der Waals surface area contributed by atoms with E-state index >= 15 is 0 Å². The average Bonchev–Trinajstić information content (AvgIpc) is 1.85. The van der Waals surface area contributed by atoms with Gasteiger partial charge in [-0.3, -0.25) is 0 Å². The Morgan fingerprint density at radius 3 is 2.64 bits per heavy atom. The molecule has 0 saturated heterocycles. The van der Waals surface area contributed by atoms with E-state index in [1.54, 1.807) is 0 Å². The minimum absolute atomic E-state index is 0.249. The Hall–Kier alpha value is -0.590. The molecule has 62 valence electrons. The fourth-order valence-corrected chi connectivity index (χ4v) is 2.05. The summed E-state index contributed by atoms with van der Waals surface area (Å²) in [5, 5.41) is 0. The van der Waals surface area contributed by atoms with Crippen LogP contribution in [0.25, 0.3) is 0 Å². The van der Waals surface area contributed by atoms with Gasteiger partial charge >= 0.3 is 0 Å². The number of aldehydes is 1. The zero-order valence-electron chi connectivity index (χ0n) is 7.50. The van der Waals surface area contributed by atoms with E-state index in [0.29, 0.717) is 11.8 Å². The van der Waals surface area contributed by atoms with E-state index < -0.39 is 0 Å². The lowest BCUT2D eigenvalue weighted by atomic mass is 9.76. The number of carbonyl (C=O) groups is 1. The minimum Gasteiger partial charge on any atom is -0.303 e. The Labute approximate surface area is 68.5 Å². The fourth-order valence-electron chi connectivity index (χ4n) is 2.05. The van der Waals surface area contributed by atoms with Crippen molar-refractivity contribution in [2.75, 3.05) is 0 Å². The third-order valence-electron chi connectivity index (χ3n) is 2.61. The van der Waals surface area contributed by atoms with Crippen LogP contribution < -0.4 is 0 Å². The van der Waals surface area contributed by atoms with Gasteiger partial charge in [0.15, 0.2) is 0 Å². The Morgan fingerprint density at radius 1 is 1.55 bits per heavy atom. The molecule has 0 aliphatic heterocycles. The number of allylic oxidation sites excluding steroid dienone is 2. The maximum absolute atomic E-state index is 10.7. The molecule has 1 unspecified atom stereocenters. The van der Waals surface area contributed by atoms with E-state index in [-0.39, 0.29) is 5.92 Å². The normalized spacial score (nSPS) is 38.1. The first-order chi connectivity index (χ1) is 5.15. The first kappa shape index (κ1) is 8.51. The molecule has 0 spiro atoms. The molecule has 0 bridgehead atoms. The van der Waals surface area contributed by atoms with Gasteiger partial charge in [-0.2, -0.15) is 0 Å². The maximum atomic E-state index is 10.7. The Morgan fingerprint density at radius 2 is 2.18 bits per heavy atom. The van der Waals surface area contributed by atoms with E-state index in [9.17, 15) is 4.79 Å². The molecular weight excluding hydrogens is 136 g/mol. The van der Waals surface area contributed by atoms with E-state index in [1.165, 1.54) is 5.57 Å². The second-order valence-corrected chi connectivity index (χ2v) is 3.77. The van der Waals surface area contributed by atoms with Crippen molar-refractivity contribution in [3.63, 3.8) is 0 Å². The van der Waals surface area contributed by atoms with Crippen molar-refractivity contribution < 1.29 is 4.79 Å². The predicted molar refractivity (Wildman–Crippen MR) is 46.3 cm³/mol. The van der Waals surface area contributed by atoms with Gasteiger partial charge in [0.2, 0.25) is 0 Å². The summed E-state index contributed by atoms with van der Waals surface area (Å²) in [4.78, 5) is 10.7. The zero-order chi connectivity index (χ0) is 8.43. The third kappa shape index (κ3) is 1.70. The van der Waals surface area contributed by atoms with Crippen molar-refractivity contribution in [1.29, 1.82) is 0 Å². The molecule has 0 fully saturated rings. The molecule has 0 aromatic rings. The maximum Gasteiger partial charge on any atom is 0.123 e. The predicted octanol–water partition coefficient (Wildman–Crippen LogP) is 2.42. The standard InChI is InChI=1S/C10H16O/c1-7-4-8(2)10(6-11)9(3)5-7/h4,6,8-10H,5H2,1-3H3/t8-,9+,10?/m0/s1. The fraction of sp³-hybridized carbons (Fsp3) is 0.700. The first-order valence-electron chi connectivity index (χ1n) is 4.27. The van der Waals surface area contributed by atoms with Gasteiger partial charge in [-0.25, -0.2) is 0 Å². The van der Waals surface area contributed by atoms with Crippen LogP contribution in [-0.4, -0.2) is 6.29 Å². The minimum atomic E-state index is 0.249. The molecule has 1 nitrogen and oxygen atoms in total. The van der Waals surface area contributed by atoms with Crippen LogP contribution in [0.3, 0.4) is 0 Å². The van der Waals surface area contributed by atoms with Crippen LogP contribution >= 0.6 is 0 Å². The van der Waals surface area contributed by atoms with Crippen molar-refractivity contribution in [3.8, 4) is 0 Å². The van der Waals surface area contributed by atoms with Crippen LogP contribution in [0.4, 0.5) is 0 Å². The largest absolute Gasteiger partial charge is 0.303 e. The van der Waals surface area contributed by atoms with E-state index in [1.807, 2.05) is 0 Å². The number of rotatable bonds is 1. The van der Waals surface area contributed by atoms with Crippen LogP contribution in [0.5, 0.6) is 0 Å². The summed E-state index contributed by atoms with van der Waals surface area (Å²) in [6.07, 6.45) is 4.42. The highest BCUT2D eigenvalue weighted by Crippen LogP contribution is 2.31. The van der Waals surface area contributed by atoms with Crippen molar-refractivity contribution in [2.45, 2.75) is 27.2 Å². The summed E-state index contributed by atoms with van der Waals surface area (Å²) in [5.41, 5.74) is 1.43. The highest BCUT2D eigenvalue weighted by molar-refractivity contribution is 5.55. The topological polar surface area (TPSA) is 17.1 Å². The Bertz CT molecular complexity index is 181. The van der Waals surface area contributed by atoms with Gasteiger partial charge in [0.05, 0.1) is 0 Å². The van der Waals surface area contributed by atoms with Crippen LogP contribution in [0.1, 0.15) is 27.2 Å². The average molecular weight is 152 g/mol. The van der Waals surface area contributed by atoms with Crippen LogP contribution in [-0.2, 0) is 4.79 Å². The molecule has 0 heterocycles. The Kier molecular flexibility index (Phi) is 2.48. The summed E-state index contributed by atoms with van der Waals surface area (Å²) in [6.45, 7) is 6.43. The van der Waals surface area contributed by atoms with Crippen molar-refractivity contribution in [1.82, 2.24) is 0 Å². The lowest BCUT2D eigenvalue weighted by Gasteiger charge is -2.28. The van der Waals surface area contributed by atoms with E-state index in [4.69, 9.17) is 0 Å². The summed E-state index contributed by atoms with van der Waals surface area (Å²) in [5.74, 6) is 1.22. The quantitative estimate of drug-likeness (QED) is 0.416. The SMILES string of the molecule is CC1=C[C@H](C)C(C=O)[C@H](C)C1. The highest BCUT2D eigenvalue weighted by Gasteiger charge is 2.25. The van der Waals surface area contributed by atoms with Crippen molar-refractivity contribution in [3.05, 3.63) is 11.6 Å². The van der Waals surface area contributed by atoms with Crippen LogP contribution in [0, 0.1) is 17.8 Å². The second-order valence-electron chi connectivity index (χ2n) is 3.77. The molecule has 3 atom stereocenters. The van der Waals surface area contributed by atoms with Gasteiger partial charge in [0.1, 0.15) is 6.29 Å². The summed E-state index contributed by atoms with van der Waals surface area (Å²) in [7, 11) is 0. The van der Waals surface area contributed by atoms with Crippen molar-refractivity contribution >= 4 is 6.29 Å². The van der Waals surface area contributed by atoms with E-state index in [2.05, 4.69) is 26.8 Å². The molecule has 0 aromatic heterocycles. The van der Waals surface area contributed by atoms with Gasteiger partial charge in [-0.1, -0.05) is 25.5 Å². The van der Waals surface area contributed by atoms with Gasteiger partial charge < -0.3 is 4.79 Å². The Balaban J connectivity index is 2.76. The van der Waals surface area contributed by atoms with Crippen molar-refractivity contribution in [2.24, 2.45) is 17.8 Å². The number of carbonyl (C=O) groups excluding carboxylic acids is 1. The molecule has 1 aliphatic carbocycles. The molecule has 1 heteroatoms. The molecule has 11 heavy (non-hydrogen) atoms. The lowest BCUT2D eigenvalue weighted by molar-refractivity contribution is -0.113. The molecule has 0 N–H and O–H groups in total. The first-order valence-corrected chi connectivity index (χ1v) is 4.27. The van der Waals surface area contributed by atoms with Gasteiger partial charge in [0.25, 0.3) is 0 Å². The third-order valence-corrected chi connectivity index (χ3v) is 2.61. The number of hydrogen-bond donors (Lipinski definition) is 0. The van der Waals surface area contributed by atoms with Crippen LogP contribution in [0.2, 0.25) is 0 Å². The van der Waals surface area contributed by atoms with Gasteiger partial charge in [-0.15, -0.1) is 0 Å². The summed E-state index contributed by atoms with van der Waals surface area (Å²) in [6, 6.07) is 0. The zero-order valence-corrected chi connectivity index (χ0v) is 7.50. The monoisotopic (exact) mass is 152 g/mol. The smallest absolute Gasteiger partial charge is 0.123 e. The molecule has 1 aliphatic rings. The highest BCUT2D eigenvalue weighted by atomic mass is 16.1. The molecule has 0 radical (unpaired) electrons.